The lowest BCUT2D eigenvalue weighted by molar-refractivity contribution is -0.154. The van der Waals surface area contributed by atoms with Crippen molar-refractivity contribution >= 4 is 17.8 Å². The first-order chi connectivity index (χ1) is 11.0. The second kappa shape index (κ2) is 8.31. The first-order valence-corrected chi connectivity index (χ1v) is 8.79. The Labute approximate surface area is 137 Å². The zero-order valence-electron chi connectivity index (χ0n) is 14.0. The van der Waals surface area contributed by atoms with Crippen molar-refractivity contribution in [1.29, 1.82) is 0 Å². The van der Waals surface area contributed by atoms with Crippen molar-refractivity contribution < 1.29 is 19.1 Å². The van der Waals surface area contributed by atoms with Crippen molar-refractivity contribution in [2.75, 3.05) is 6.54 Å². The van der Waals surface area contributed by atoms with Gasteiger partial charge in [0, 0.05) is 13.0 Å². The number of likely N-dealkylation sites (tertiary alicyclic amines) is 1. The highest BCUT2D eigenvalue weighted by Gasteiger charge is 2.38. The van der Waals surface area contributed by atoms with E-state index in [9.17, 15) is 14.4 Å². The number of hydrogen-bond donors (Lipinski definition) is 1. The number of ether oxygens (including phenoxy) is 1. The standard InChI is InChI=1S/C17H28N2O4/c1-2-6-12-9-15(20)19(11-12)14(17(18)22)10-16(21)23-13-7-4-3-5-8-13/h12-14H,2-11H2,1H3,(H2,18,22). The van der Waals surface area contributed by atoms with Crippen LogP contribution in [0.3, 0.4) is 0 Å². The minimum absolute atomic E-state index is 0.0492. The molecule has 2 N–H and O–H groups in total. The molecule has 23 heavy (non-hydrogen) atoms. The summed E-state index contributed by atoms with van der Waals surface area (Å²) >= 11 is 0. The van der Waals surface area contributed by atoms with Gasteiger partial charge in [0.25, 0.3) is 0 Å². The van der Waals surface area contributed by atoms with E-state index < -0.39 is 17.9 Å². The van der Waals surface area contributed by atoms with Crippen molar-refractivity contribution in [1.82, 2.24) is 4.90 Å². The van der Waals surface area contributed by atoms with Gasteiger partial charge in [-0.3, -0.25) is 14.4 Å². The topological polar surface area (TPSA) is 89.7 Å². The predicted octanol–water partition coefficient (Wildman–Crippen LogP) is 1.75. The molecule has 6 nitrogen and oxygen atoms in total. The third kappa shape index (κ3) is 4.94. The van der Waals surface area contributed by atoms with Crippen LogP contribution in [0.1, 0.15) is 64.7 Å². The van der Waals surface area contributed by atoms with E-state index in [0.29, 0.717) is 13.0 Å². The zero-order valence-corrected chi connectivity index (χ0v) is 14.0. The van der Waals surface area contributed by atoms with Crippen LogP contribution in [0.4, 0.5) is 0 Å². The van der Waals surface area contributed by atoms with E-state index in [2.05, 4.69) is 6.92 Å². The molecule has 2 aliphatic rings. The van der Waals surface area contributed by atoms with E-state index in [-0.39, 0.29) is 24.3 Å². The van der Waals surface area contributed by atoms with Crippen LogP contribution in [-0.4, -0.2) is 41.4 Å². The molecule has 1 saturated heterocycles. The number of rotatable bonds is 7. The number of primary amides is 1. The minimum Gasteiger partial charge on any atom is -0.462 e. The maximum absolute atomic E-state index is 12.1. The molecule has 1 aliphatic heterocycles. The number of amides is 2. The van der Waals surface area contributed by atoms with E-state index in [0.717, 1.165) is 38.5 Å². The Kier molecular flexibility index (Phi) is 6.42. The molecule has 2 amide bonds. The fraction of sp³-hybridized carbons (Fsp3) is 0.824. The number of hydrogen-bond acceptors (Lipinski definition) is 4. The lowest BCUT2D eigenvalue weighted by Gasteiger charge is -2.27. The first kappa shape index (κ1) is 17.8. The van der Waals surface area contributed by atoms with Gasteiger partial charge in [-0.25, -0.2) is 0 Å². The van der Waals surface area contributed by atoms with Gasteiger partial charge in [0.05, 0.1) is 6.42 Å². The molecule has 2 rings (SSSR count). The number of carbonyl (C=O) groups is 3. The molecule has 1 heterocycles. The molecule has 1 aliphatic carbocycles. The summed E-state index contributed by atoms with van der Waals surface area (Å²) in [6.45, 7) is 2.58. The van der Waals surface area contributed by atoms with Gasteiger partial charge in [-0.2, -0.15) is 0 Å². The monoisotopic (exact) mass is 324 g/mol. The Morgan fingerprint density at radius 2 is 2.00 bits per heavy atom. The van der Waals surface area contributed by atoms with E-state index >= 15 is 0 Å². The molecule has 0 spiro atoms. The highest BCUT2D eigenvalue weighted by Crippen LogP contribution is 2.26. The summed E-state index contributed by atoms with van der Waals surface area (Å²) in [5, 5.41) is 0. The zero-order chi connectivity index (χ0) is 16.8. The number of carbonyl (C=O) groups excluding carboxylic acids is 3. The normalized spacial score (nSPS) is 23.8. The summed E-state index contributed by atoms with van der Waals surface area (Å²) in [5.41, 5.74) is 5.44. The van der Waals surface area contributed by atoms with Gasteiger partial charge in [-0.1, -0.05) is 19.8 Å². The molecule has 6 heteroatoms. The van der Waals surface area contributed by atoms with Crippen LogP contribution in [0, 0.1) is 5.92 Å². The Morgan fingerprint density at radius 3 is 2.61 bits per heavy atom. The van der Waals surface area contributed by atoms with Crippen molar-refractivity contribution in [2.24, 2.45) is 11.7 Å². The molecule has 0 aromatic carbocycles. The van der Waals surface area contributed by atoms with Crippen molar-refractivity contribution in [2.45, 2.75) is 76.9 Å². The predicted molar refractivity (Wildman–Crippen MR) is 85.3 cm³/mol. The molecular formula is C17H28N2O4. The lowest BCUT2D eigenvalue weighted by atomic mass is 9.98. The van der Waals surface area contributed by atoms with Gasteiger partial charge in [0.2, 0.25) is 11.8 Å². The van der Waals surface area contributed by atoms with Gasteiger partial charge in [0.15, 0.2) is 0 Å². The lowest BCUT2D eigenvalue weighted by Crippen LogP contribution is -2.47. The Balaban J connectivity index is 1.91. The molecule has 1 saturated carbocycles. The summed E-state index contributed by atoms with van der Waals surface area (Å²) in [6, 6.07) is -0.875. The van der Waals surface area contributed by atoms with Crippen molar-refractivity contribution in [3.63, 3.8) is 0 Å². The summed E-state index contributed by atoms with van der Waals surface area (Å²) in [4.78, 5) is 37.5. The van der Waals surface area contributed by atoms with Crippen LogP contribution in [0.5, 0.6) is 0 Å². The first-order valence-electron chi connectivity index (χ1n) is 8.79. The minimum atomic E-state index is -0.875. The van der Waals surface area contributed by atoms with E-state index in [1.807, 2.05) is 0 Å². The maximum Gasteiger partial charge on any atom is 0.308 e. The van der Waals surface area contributed by atoms with Crippen molar-refractivity contribution in [3.8, 4) is 0 Å². The van der Waals surface area contributed by atoms with Crippen LogP contribution in [0.2, 0.25) is 0 Å². The SMILES string of the molecule is CCCC1CC(=O)N(C(CC(=O)OC2CCCCC2)C(N)=O)C1. The van der Waals surface area contributed by atoms with Gasteiger partial charge < -0.3 is 15.4 Å². The van der Waals surface area contributed by atoms with Crippen LogP contribution in [-0.2, 0) is 19.1 Å². The van der Waals surface area contributed by atoms with Gasteiger partial charge >= 0.3 is 5.97 Å². The maximum atomic E-state index is 12.1. The molecular weight excluding hydrogens is 296 g/mol. The van der Waals surface area contributed by atoms with E-state index in [1.165, 1.54) is 11.3 Å². The molecule has 2 unspecified atom stereocenters. The Hall–Kier alpha value is -1.59. The number of esters is 1. The van der Waals surface area contributed by atoms with Crippen LogP contribution in [0.25, 0.3) is 0 Å². The summed E-state index contributed by atoms with van der Waals surface area (Å²) in [7, 11) is 0. The Bertz CT molecular complexity index is 446. The summed E-state index contributed by atoms with van der Waals surface area (Å²) in [6.07, 6.45) is 7.29. The largest absolute Gasteiger partial charge is 0.462 e. The summed E-state index contributed by atoms with van der Waals surface area (Å²) < 4.78 is 5.46. The molecule has 0 radical (unpaired) electrons. The van der Waals surface area contributed by atoms with Gasteiger partial charge in [0.1, 0.15) is 12.1 Å². The quantitative estimate of drug-likeness (QED) is 0.723. The average Bonchev–Trinajstić information content (AvgIpc) is 2.86. The summed E-state index contributed by atoms with van der Waals surface area (Å²) in [5.74, 6) is -0.884. The van der Waals surface area contributed by atoms with Crippen molar-refractivity contribution in [3.05, 3.63) is 0 Å². The molecule has 2 fully saturated rings. The molecule has 0 aromatic heterocycles. The molecule has 0 aromatic rings. The third-order valence-corrected chi connectivity index (χ3v) is 4.85. The molecule has 130 valence electrons. The highest BCUT2D eigenvalue weighted by molar-refractivity contribution is 5.91. The van der Waals surface area contributed by atoms with Crippen LogP contribution >= 0.6 is 0 Å². The fourth-order valence-electron chi connectivity index (χ4n) is 3.65. The Morgan fingerprint density at radius 1 is 1.30 bits per heavy atom. The second-order valence-electron chi connectivity index (χ2n) is 6.78. The van der Waals surface area contributed by atoms with Gasteiger partial charge in [-0.05, 0) is 38.0 Å². The third-order valence-electron chi connectivity index (χ3n) is 4.85. The van der Waals surface area contributed by atoms with Crippen LogP contribution in [0.15, 0.2) is 0 Å². The van der Waals surface area contributed by atoms with Gasteiger partial charge in [-0.15, -0.1) is 0 Å². The smallest absolute Gasteiger partial charge is 0.308 e. The van der Waals surface area contributed by atoms with E-state index in [4.69, 9.17) is 10.5 Å². The fourth-order valence-corrected chi connectivity index (χ4v) is 3.65. The highest BCUT2D eigenvalue weighted by atomic mass is 16.5. The molecule has 0 bridgehead atoms. The average molecular weight is 324 g/mol. The van der Waals surface area contributed by atoms with E-state index in [1.54, 1.807) is 0 Å². The second-order valence-corrected chi connectivity index (χ2v) is 6.78. The number of nitrogens with zero attached hydrogens (tertiary/aromatic N) is 1. The van der Waals surface area contributed by atoms with Crippen LogP contribution < -0.4 is 5.73 Å². The molecule has 2 atom stereocenters. The number of nitrogens with two attached hydrogens (primary N) is 1.